The highest BCUT2D eigenvalue weighted by molar-refractivity contribution is 5.74. The predicted molar refractivity (Wildman–Crippen MR) is 69.0 cm³/mol. The van der Waals surface area contributed by atoms with Crippen LogP contribution in [-0.2, 0) is 0 Å². The average molecular weight is 237 g/mol. The van der Waals surface area contributed by atoms with E-state index < -0.39 is 0 Å². The summed E-state index contributed by atoms with van der Waals surface area (Å²) < 4.78 is 0. The van der Waals surface area contributed by atoms with Crippen LogP contribution in [0.25, 0.3) is 0 Å². The predicted octanol–water partition coefficient (Wildman–Crippen LogP) is 1.49. The third kappa shape index (κ3) is 4.04. The minimum absolute atomic E-state index is 0.117. The van der Waals surface area contributed by atoms with E-state index in [4.69, 9.17) is 0 Å². The molecule has 0 unspecified atom stereocenters. The quantitative estimate of drug-likeness (QED) is 0.715. The Hall–Kier alpha value is -1.03. The molecule has 1 fully saturated rings. The number of nitrogens with one attached hydrogen (secondary N) is 2. The fourth-order valence-electron chi connectivity index (χ4n) is 2.40. The molecule has 0 radical (unpaired) electrons. The van der Waals surface area contributed by atoms with Crippen molar-refractivity contribution in [1.29, 1.82) is 0 Å². The van der Waals surface area contributed by atoms with Crippen LogP contribution in [0, 0.1) is 0 Å². The standard InChI is InChI=1S/C13H23N3O/c17-13(16-9-3-1-2-4-10-16)15-11-12-5-7-14-8-6-12/h5,14H,1-4,6-11H2,(H,15,17). The topological polar surface area (TPSA) is 44.4 Å². The molecule has 4 heteroatoms. The van der Waals surface area contributed by atoms with Gasteiger partial charge in [-0.1, -0.05) is 24.5 Å². The molecule has 2 aliphatic heterocycles. The van der Waals surface area contributed by atoms with Crippen LogP contribution in [0.4, 0.5) is 4.79 Å². The molecule has 4 nitrogen and oxygen atoms in total. The molecule has 2 heterocycles. The third-order valence-electron chi connectivity index (χ3n) is 3.52. The maximum Gasteiger partial charge on any atom is 0.317 e. The maximum absolute atomic E-state index is 12.0. The van der Waals surface area contributed by atoms with E-state index in [1.54, 1.807) is 0 Å². The number of carbonyl (C=O) groups excluding carboxylic acids is 1. The van der Waals surface area contributed by atoms with Gasteiger partial charge in [0.1, 0.15) is 0 Å². The zero-order chi connectivity index (χ0) is 11.9. The second-order valence-electron chi connectivity index (χ2n) is 4.88. The first-order chi connectivity index (χ1) is 8.36. The van der Waals surface area contributed by atoms with E-state index >= 15 is 0 Å². The molecule has 0 aromatic carbocycles. The zero-order valence-corrected chi connectivity index (χ0v) is 10.5. The van der Waals surface area contributed by atoms with Gasteiger partial charge in [0.05, 0.1) is 0 Å². The minimum Gasteiger partial charge on any atom is -0.334 e. The summed E-state index contributed by atoms with van der Waals surface area (Å²) in [7, 11) is 0. The van der Waals surface area contributed by atoms with Gasteiger partial charge in [-0.2, -0.15) is 0 Å². The van der Waals surface area contributed by atoms with Gasteiger partial charge in [-0.05, 0) is 25.8 Å². The molecule has 2 N–H and O–H groups in total. The van der Waals surface area contributed by atoms with Crippen molar-refractivity contribution in [2.75, 3.05) is 32.7 Å². The monoisotopic (exact) mass is 237 g/mol. The van der Waals surface area contributed by atoms with Crippen LogP contribution in [0.2, 0.25) is 0 Å². The fraction of sp³-hybridized carbons (Fsp3) is 0.769. The van der Waals surface area contributed by atoms with Crippen LogP contribution < -0.4 is 10.6 Å². The van der Waals surface area contributed by atoms with Gasteiger partial charge in [-0.15, -0.1) is 0 Å². The van der Waals surface area contributed by atoms with Crippen LogP contribution in [-0.4, -0.2) is 43.7 Å². The molecule has 2 rings (SSSR count). The van der Waals surface area contributed by atoms with Crippen LogP contribution in [0.15, 0.2) is 11.6 Å². The van der Waals surface area contributed by atoms with Gasteiger partial charge in [0.15, 0.2) is 0 Å². The average Bonchev–Trinajstić information content (AvgIpc) is 2.66. The van der Waals surface area contributed by atoms with E-state index in [-0.39, 0.29) is 6.03 Å². The highest BCUT2D eigenvalue weighted by atomic mass is 16.2. The van der Waals surface area contributed by atoms with Crippen molar-refractivity contribution in [3.05, 3.63) is 11.6 Å². The molecular weight excluding hydrogens is 214 g/mol. The molecule has 0 bridgehead atoms. The number of urea groups is 1. The molecular formula is C13H23N3O. The summed E-state index contributed by atoms with van der Waals surface area (Å²) in [5.41, 5.74) is 1.35. The Morgan fingerprint density at radius 1 is 1.29 bits per heavy atom. The second-order valence-corrected chi connectivity index (χ2v) is 4.88. The van der Waals surface area contributed by atoms with E-state index in [0.717, 1.165) is 52.0 Å². The van der Waals surface area contributed by atoms with Gasteiger partial charge >= 0.3 is 6.03 Å². The number of hydrogen-bond donors (Lipinski definition) is 2. The molecule has 2 aliphatic rings. The van der Waals surface area contributed by atoms with Crippen molar-refractivity contribution in [3.63, 3.8) is 0 Å². The Kier molecular flexibility index (Phi) is 4.86. The van der Waals surface area contributed by atoms with Gasteiger partial charge in [0.25, 0.3) is 0 Å². The third-order valence-corrected chi connectivity index (χ3v) is 3.52. The maximum atomic E-state index is 12.0. The molecule has 2 amide bonds. The van der Waals surface area contributed by atoms with E-state index in [9.17, 15) is 4.79 Å². The second kappa shape index (κ2) is 6.64. The van der Waals surface area contributed by atoms with Gasteiger partial charge in [0, 0.05) is 26.2 Å². The number of rotatable bonds is 2. The SMILES string of the molecule is O=C(NCC1=CCNCC1)N1CCCCCC1. The number of likely N-dealkylation sites (tertiary alicyclic amines) is 1. The normalized spacial score (nSPS) is 21.6. The van der Waals surface area contributed by atoms with Crippen molar-refractivity contribution in [2.24, 2.45) is 0 Å². The molecule has 17 heavy (non-hydrogen) atoms. The smallest absolute Gasteiger partial charge is 0.317 e. The number of carbonyl (C=O) groups is 1. The molecule has 0 aromatic heterocycles. The lowest BCUT2D eigenvalue weighted by molar-refractivity contribution is 0.200. The summed E-state index contributed by atoms with van der Waals surface area (Å²) in [6.45, 7) is 4.54. The first kappa shape index (κ1) is 12.4. The first-order valence-corrected chi connectivity index (χ1v) is 6.77. The molecule has 96 valence electrons. The van der Waals surface area contributed by atoms with Crippen molar-refractivity contribution in [2.45, 2.75) is 32.1 Å². The summed E-state index contributed by atoms with van der Waals surface area (Å²) in [4.78, 5) is 13.9. The van der Waals surface area contributed by atoms with Crippen molar-refractivity contribution in [1.82, 2.24) is 15.5 Å². The summed E-state index contributed by atoms with van der Waals surface area (Å²) in [6.07, 6.45) is 8.08. The first-order valence-electron chi connectivity index (χ1n) is 6.77. The van der Waals surface area contributed by atoms with Gasteiger partial charge in [-0.25, -0.2) is 4.79 Å². The van der Waals surface area contributed by atoms with Crippen molar-refractivity contribution < 1.29 is 4.79 Å². The summed E-state index contributed by atoms with van der Waals surface area (Å²) in [5.74, 6) is 0. The molecule has 0 spiro atoms. The minimum atomic E-state index is 0.117. The van der Waals surface area contributed by atoms with Crippen LogP contribution in [0.3, 0.4) is 0 Å². The van der Waals surface area contributed by atoms with Crippen LogP contribution in [0.1, 0.15) is 32.1 Å². The number of nitrogens with zero attached hydrogens (tertiary/aromatic N) is 1. The molecule has 0 aromatic rings. The summed E-state index contributed by atoms with van der Waals surface area (Å²) >= 11 is 0. The largest absolute Gasteiger partial charge is 0.334 e. The van der Waals surface area contributed by atoms with E-state index in [1.165, 1.54) is 18.4 Å². The van der Waals surface area contributed by atoms with Gasteiger partial charge in [0.2, 0.25) is 0 Å². The van der Waals surface area contributed by atoms with Crippen molar-refractivity contribution >= 4 is 6.03 Å². The molecule has 0 aliphatic carbocycles. The van der Waals surface area contributed by atoms with E-state index in [1.807, 2.05) is 4.90 Å². The lowest BCUT2D eigenvalue weighted by Gasteiger charge is -2.22. The summed E-state index contributed by atoms with van der Waals surface area (Å²) in [5, 5.41) is 6.32. The van der Waals surface area contributed by atoms with Crippen LogP contribution >= 0.6 is 0 Å². The fourth-order valence-corrected chi connectivity index (χ4v) is 2.40. The van der Waals surface area contributed by atoms with Gasteiger partial charge in [-0.3, -0.25) is 0 Å². The molecule has 1 saturated heterocycles. The van der Waals surface area contributed by atoms with E-state index in [2.05, 4.69) is 16.7 Å². The molecule has 0 atom stereocenters. The lowest BCUT2D eigenvalue weighted by atomic mass is 10.1. The Morgan fingerprint density at radius 2 is 2.06 bits per heavy atom. The molecule has 0 saturated carbocycles. The summed E-state index contributed by atoms with van der Waals surface area (Å²) in [6, 6.07) is 0.117. The van der Waals surface area contributed by atoms with Crippen molar-refractivity contribution in [3.8, 4) is 0 Å². The zero-order valence-electron chi connectivity index (χ0n) is 10.5. The Labute approximate surface area is 103 Å². The highest BCUT2D eigenvalue weighted by Crippen LogP contribution is 2.10. The Balaban J connectivity index is 1.73. The number of hydrogen-bond acceptors (Lipinski definition) is 2. The lowest BCUT2D eigenvalue weighted by Crippen LogP contribution is -2.41. The Morgan fingerprint density at radius 3 is 2.71 bits per heavy atom. The Bertz CT molecular complexity index is 280. The van der Waals surface area contributed by atoms with E-state index in [0.29, 0.717) is 0 Å². The van der Waals surface area contributed by atoms with Crippen LogP contribution in [0.5, 0.6) is 0 Å². The highest BCUT2D eigenvalue weighted by Gasteiger charge is 2.15. The van der Waals surface area contributed by atoms with Gasteiger partial charge < -0.3 is 15.5 Å². The number of amides is 2.